The Balaban J connectivity index is 1.83. The number of carbonyl (C=O) groups is 1. The minimum absolute atomic E-state index is 0.0569. The number of rotatable bonds is 4. The first-order valence-corrected chi connectivity index (χ1v) is 7.52. The quantitative estimate of drug-likeness (QED) is 0.789. The Kier molecular flexibility index (Phi) is 3.98. The van der Waals surface area contributed by atoms with Gasteiger partial charge in [-0.25, -0.2) is 0 Å². The summed E-state index contributed by atoms with van der Waals surface area (Å²) >= 11 is 5.93. The number of halogens is 1. The van der Waals surface area contributed by atoms with Crippen LogP contribution in [0.1, 0.15) is 33.5 Å². The summed E-state index contributed by atoms with van der Waals surface area (Å²) in [7, 11) is 1.55. The molecule has 21 heavy (non-hydrogen) atoms. The number of benzene rings is 2. The van der Waals surface area contributed by atoms with Gasteiger partial charge in [-0.3, -0.25) is 4.79 Å². The Morgan fingerprint density at radius 3 is 2.76 bits per heavy atom. The van der Waals surface area contributed by atoms with Gasteiger partial charge in [-0.2, -0.15) is 0 Å². The zero-order valence-corrected chi connectivity index (χ0v) is 12.7. The number of Topliss-reactive ketones (excluding diaryl/α,β-unsaturated/α-hetero) is 1. The van der Waals surface area contributed by atoms with Crippen molar-refractivity contribution < 1.29 is 9.53 Å². The van der Waals surface area contributed by atoms with E-state index in [0.717, 1.165) is 18.4 Å². The van der Waals surface area contributed by atoms with Gasteiger partial charge in [0, 0.05) is 11.4 Å². The lowest BCUT2D eigenvalue weighted by molar-refractivity contribution is 0.0990. The Labute approximate surface area is 129 Å². The highest BCUT2D eigenvalue weighted by atomic mass is 35.5. The van der Waals surface area contributed by atoms with E-state index in [2.05, 4.69) is 18.2 Å². The van der Waals surface area contributed by atoms with E-state index in [9.17, 15) is 4.79 Å². The highest BCUT2D eigenvalue weighted by Crippen LogP contribution is 2.26. The first kappa shape index (κ1) is 14.2. The summed E-state index contributed by atoms with van der Waals surface area (Å²) in [6.45, 7) is 0. The summed E-state index contributed by atoms with van der Waals surface area (Å²) in [6.07, 6.45) is 3.90. The molecule has 1 aliphatic carbocycles. The van der Waals surface area contributed by atoms with Gasteiger partial charge in [0.2, 0.25) is 0 Å². The van der Waals surface area contributed by atoms with Crippen LogP contribution in [0.4, 0.5) is 0 Å². The van der Waals surface area contributed by atoms with Crippen molar-refractivity contribution in [3.8, 4) is 5.75 Å². The molecule has 1 aliphatic rings. The summed E-state index contributed by atoms with van der Waals surface area (Å²) in [6, 6.07) is 11.5. The lowest BCUT2D eigenvalue weighted by atomic mass is 9.99. The van der Waals surface area contributed by atoms with E-state index in [1.165, 1.54) is 17.5 Å². The van der Waals surface area contributed by atoms with Gasteiger partial charge in [0.05, 0.1) is 12.7 Å². The van der Waals surface area contributed by atoms with Gasteiger partial charge in [0.1, 0.15) is 5.75 Å². The minimum atomic E-state index is 0.0569. The molecule has 0 spiro atoms. The van der Waals surface area contributed by atoms with Crippen LogP contribution in [0.3, 0.4) is 0 Å². The molecule has 0 fully saturated rings. The summed E-state index contributed by atoms with van der Waals surface area (Å²) in [4.78, 5) is 12.5. The molecule has 0 aliphatic heterocycles. The summed E-state index contributed by atoms with van der Waals surface area (Å²) in [5.41, 5.74) is 4.47. The van der Waals surface area contributed by atoms with E-state index < -0.39 is 0 Å². The summed E-state index contributed by atoms with van der Waals surface area (Å²) < 4.78 is 5.25. The first-order chi connectivity index (χ1) is 10.2. The zero-order valence-electron chi connectivity index (χ0n) is 12.0. The van der Waals surface area contributed by atoms with E-state index in [-0.39, 0.29) is 5.78 Å². The first-order valence-electron chi connectivity index (χ1n) is 7.15. The van der Waals surface area contributed by atoms with Gasteiger partial charge in [0.25, 0.3) is 0 Å². The van der Waals surface area contributed by atoms with Crippen molar-refractivity contribution in [3.05, 3.63) is 63.7 Å². The van der Waals surface area contributed by atoms with Gasteiger partial charge >= 0.3 is 0 Å². The average molecular weight is 301 g/mol. The highest BCUT2D eigenvalue weighted by Gasteiger charge is 2.15. The third-order valence-corrected chi connectivity index (χ3v) is 4.23. The van der Waals surface area contributed by atoms with Crippen molar-refractivity contribution in [1.29, 1.82) is 0 Å². The number of methoxy groups -OCH3 is 1. The van der Waals surface area contributed by atoms with E-state index in [1.807, 2.05) is 0 Å². The normalized spacial score (nSPS) is 13.0. The van der Waals surface area contributed by atoms with E-state index in [0.29, 0.717) is 22.8 Å². The molecule has 0 atom stereocenters. The Bertz CT molecular complexity index is 692. The van der Waals surface area contributed by atoms with Crippen molar-refractivity contribution in [2.24, 2.45) is 0 Å². The molecule has 2 aromatic rings. The molecular formula is C18H17ClO2. The standard InChI is InChI=1S/C18H17ClO2/c1-21-18-11-15(19)7-8-16(18)17(20)10-12-5-6-13-3-2-4-14(13)9-12/h5-9,11H,2-4,10H2,1H3. The van der Waals surface area contributed by atoms with Crippen molar-refractivity contribution in [3.63, 3.8) is 0 Å². The van der Waals surface area contributed by atoms with Crippen molar-refractivity contribution >= 4 is 17.4 Å². The molecule has 3 heteroatoms. The predicted octanol–water partition coefficient (Wildman–Crippen LogP) is 4.26. The van der Waals surface area contributed by atoms with Crippen molar-refractivity contribution in [1.82, 2.24) is 0 Å². The highest BCUT2D eigenvalue weighted by molar-refractivity contribution is 6.30. The number of ether oxygens (including phenoxy) is 1. The molecule has 0 aromatic heterocycles. The third-order valence-electron chi connectivity index (χ3n) is 3.99. The van der Waals surface area contributed by atoms with Crippen LogP contribution in [0.15, 0.2) is 36.4 Å². The number of ketones is 1. The second-order valence-corrected chi connectivity index (χ2v) is 5.84. The second kappa shape index (κ2) is 5.90. The van der Waals surface area contributed by atoms with E-state index >= 15 is 0 Å². The maximum atomic E-state index is 12.5. The largest absolute Gasteiger partial charge is 0.496 e. The molecule has 0 saturated carbocycles. The number of carbonyl (C=O) groups excluding carboxylic acids is 1. The van der Waals surface area contributed by atoms with Crippen LogP contribution in [-0.4, -0.2) is 12.9 Å². The maximum absolute atomic E-state index is 12.5. The number of aryl methyl sites for hydroxylation is 2. The smallest absolute Gasteiger partial charge is 0.170 e. The van der Waals surface area contributed by atoms with Gasteiger partial charge in [-0.15, -0.1) is 0 Å². The number of hydrogen-bond acceptors (Lipinski definition) is 2. The summed E-state index contributed by atoms with van der Waals surface area (Å²) in [5.74, 6) is 0.593. The van der Waals surface area contributed by atoms with Gasteiger partial charge in [-0.05, 0) is 54.2 Å². The molecule has 108 valence electrons. The average Bonchev–Trinajstić information content (AvgIpc) is 2.94. The fourth-order valence-corrected chi connectivity index (χ4v) is 3.07. The Morgan fingerprint density at radius 2 is 1.95 bits per heavy atom. The van der Waals surface area contributed by atoms with Gasteiger partial charge in [-0.1, -0.05) is 29.8 Å². The van der Waals surface area contributed by atoms with E-state index in [4.69, 9.17) is 16.3 Å². The van der Waals surface area contributed by atoms with Crippen LogP contribution in [0.2, 0.25) is 5.02 Å². The van der Waals surface area contributed by atoms with Gasteiger partial charge in [0.15, 0.2) is 5.78 Å². The molecule has 0 N–H and O–H groups in total. The fraction of sp³-hybridized carbons (Fsp3) is 0.278. The molecule has 0 amide bonds. The SMILES string of the molecule is COc1cc(Cl)ccc1C(=O)Cc1ccc2c(c1)CCC2. The Hall–Kier alpha value is -1.80. The zero-order chi connectivity index (χ0) is 14.8. The lowest BCUT2D eigenvalue weighted by Crippen LogP contribution is -2.06. The molecule has 0 heterocycles. The van der Waals surface area contributed by atoms with Crippen LogP contribution in [0.25, 0.3) is 0 Å². The Morgan fingerprint density at radius 1 is 1.14 bits per heavy atom. The van der Waals surface area contributed by atoms with Crippen molar-refractivity contribution in [2.45, 2.75) is 25.7 Å². The molecule has 2 nitrogen and oxygen atoms in total. The van der Waals surface area contributed by atoms with Crippen LogP contribution < -0.4 is 4.74 Å². The molecule has 3 rings (SSSR count). The molecule has 2 aromatic carbocycles. The number of hydrogen-bond donors (Lipinski definition) is 0. The third kappa shape index (κ3) is 2.96. The van der Waals surface area contributed by atoms with Crippen LogP contribution in [-0.2, 0) is 19.3 Å². The second-order valence-electron chi connectivity index (χ2n) is 5.40. The van der Waals surface area contributed by atoms with Crippen molar-refractivity contribution in [2.75, 3.05) is 7.11 Å². The topological polar surface area (TPSA) is 26.3 Å². The number of fused-ring (bicyclic) bond motifs is 1. The van der Waals surface area contributed by atoms with E-state index in [1.54, 1.807) is 25.3 Å². The molecule has 0 saturated heterocycles. The van der Waals surface area contributed by atoms with Gasteiger partial charge < -0.3 is 4.74 Å². The lowest BCUT2D eigenvalue weighted by Gasteiger charge is -2.09. The molecule has 0 unspecified atom stereocenters. The molecular weight excluding hydrogens is 284 g/mol. The van der Waals surface area contributed by atoms with Crippen LogP contribution in [0.5, 0.6) is 5.75 Å². The van der Waals surface area contributed by atoms with Crippen LogP contribution >= 0.6 is 11.6 Å². The predicted molar refractivity (Wildman–Crippen MR) is 84.5 cm³/mol. The van der Waals surface area contributed by atoms with Crippen LogP contribution in [0, 0.1) is 0 Å². The molecule has 0 radical (unpaired) electrons. The minimum Gasteiger partial charge on any atom is -0.496 e. The monoisotopic (exact) mass is 300 g/mol. The fourth-order valence-electron chi connectivity index (χ4n) is 2.91. The summed E-state index contributed by atoms with van der Waals surface area (Å²) in [5, 5.41) is 0.570. The maximum Gasteiger partial charge on any atom is 0.170 e. The molecule has 0 bridgehead atoms.